The Hall–Kier alpha value is -2.54. The van der Waals surface area contributed by atoms with Crippen LogP contribution in [0, 0.1) is 5.82 Å². The number of thioether (sulfide) groups is 1. The molecule has 0 unspecified atom stereocenters. The number of benzene rings is 2. The standard InChI is InChI=1S/C17H17FN2O3S/c1-2-23-14-7-9-15(10-8-14)24-11-16(21)19-20-17(22)12-3-5-13(18)6-4-12/h3-10H,2,11H2,1H3,(H,19,21)(H,20,22). The van der Waals surface area contributed by atoms with Gasteiger partial charge in [-0.05, 0) is 55.5 Å². The molecule has 2 aromatic carbocycles. The number of rotatable bonds is 6. The highest BCUT2D eigenvalue weighted by Crippen LogP contribution is 2.21. The number of amides is 2. The van der Waals surface area contributed by atoms with Crippen molar-refractivity contribution in [2.75, 3.05) is 12.4 Å². The fraction of sp³-hybridized carbons (Fsp3) is 0.176. The highest BCUT2D eigenvalue weighted by molar-refractivity contribution is 8.00. The van der Waals surface area contributed by atoms with E-state index in [9.17, 15) is 14.0 Å². The summed E-state index contributed by atoms with van der Waals surface area (Å²) in [6.07, 6.45) is 0. The second kappa shape index (κ2) is 8.93. The molecular formula is C17H17FN2O3S. The lowest BCUT2D eigenvalue weighted by Crippen LogP contribution is -2.42. The number of hydrogen-bond acceptors (Lipinski definition) is 4. The minimum absolute atomic E-state index is 0.150. The highest BCUT2D eigenvalue weighted by atomic mass is 32.2. The number of carbonyl (C=O) groups excluding carboxylic acids is 2. The molecule has 0 saturated carbocycles. The van der Waals surface area contributed by atoms with Gasteiger partial charge in [-0.15, -0.1) is 11.8 Å². The van der Waals surface area contributed by atoms with Gasteiger partial charge in [0.05, 0.1) is 12.4 Å². The van der Waals surface area contributed by atoms with E-state index < -0.39 is 11.7 Å². The smallest absolute Gasteiger partial charge is 0.269 e. The van der Waals surface area contributed by atoms with Gasteiger partial charge < -0.3 is 4.74 Å². The van der Waals surface area contributed by atoms with E-state index in [2.05, 4.69) is 10.9 Å². The maximum atomic E-state index is 12.8. The molecule has 0 fully saturated rings. The number of hydrogen-bond donors (Lipinski definition) is 2. The SMILES string of the molecule is CCOc1ccc(SCC(=O)NNC(=O)c2ccc(F)cc2)cc1. The molecule has 5 nitrogen and oxygen atoms in total. The van der Waals surface area contributed by atoms with Crippen molar-refractivity contribution < 1.29 is 18.7 Å². The Morgan fingerprint density at radius 2 is 1.71 bits per heavy atom. The van der Waals surface area contributed by atoms with Crippen molar-refractivity contribution in [2.24, 2.45) is 0 Å². The topological polar surface area (TPSA) is 67.4 Å². The van der Waals surface area contributed by atoms with E-state index >= 15 is 0 Å². The Balaban J connectivity index is 1.74. The molecule has 2 N–H and O–H groups in total. The largest absolute Gasteiger partial charge is 0.494 e. The maximum Gasteiger partial charge on any atom is 0.269 e. The predicted octanol–water partition coefficient (Wildman–Crippen LogP) is 2.78. The van der Waals surface area contributed by atoms with Crippen LogP contribution in [-0.2, 0) is 4.79 Å². The predicted molar refractivity (Wildman–Crippen MR) is 90.3 cm³/mol. The van der Waals surface area contributed by atoms with E-state index in [1.54, 1.807) is 0 Å². The molecule has 7 heteroatoms. The zero-order chi connectivity index (χ0) is 17.4. The minimum atomic E-state index is -0.505. The lowest BCUT2D eigenvalue weighted by molar-refractivity contribution is -0.119. The molecule has 0 saturated heterocycles. The quantitative estimate of drug-likeness (QED) is 0.622. The molecule has 2 aromatic rings. The van der Waals surface area contributed by atoms with Gasteiger partial charge in [0.1, 0.15) is 11.6 Å². The molecule has 0 spiro atoms. The van der Waals surface area contributed by atoms with Gasteiger partial charge in [0.15, 0.2) is 0 Å². The van der Waals surface area contributed by atoms with Crippen LogP contribution in [-0.4, -0.2) is 24.2 Å². The van der Waals surface area contributed by atoms with E-state index in [1.165, 1.54) is 36.0 Å². The Labute approximate surface area is 143 Å². The number of halogens is 1. The van der Waals surface area contributed by atoms with E-state index in [0.717, 1.165) is 10.6 Å². The summed E-state index contributed by atoms with van der Waals surface area (Å²) in [5.74, 6) is -0.350. The summed E-state index contributed by atoms with van der Waals surface area (Å²) in [6, 6.07) is 12.4. The fourth-order valence-electron chi connectivity index (χ4n) is 1.78. The second-order valence-corrected chi connectivity index (χ2v) is 5.75. The van der Waals surface area contributed by atoms with Crippen LogP contribution in [0.3, 0.4) is 0 Å². The zero-order valence-corrected chi connectivity index (χ0v) is 13.9. The van der Waals surface area contributed by atoms with Crippen molar-refractivity contribution in [1.82, 2.24) is 10.9 Å². The van der Waals surface area contributed by atoms with Crippen molar-refractivity contribution in [3.63, 3.8) is 0 Å². The van der Waals surface area contributed by atoms with Gasteiger partial charge in [-0.3, -0.25) is 20.4 Å². The fourth-order valence-corrected chi connectivity index (χ4v) is 2.48. The number of ether oxygens (including phenoxy) is 1. The van der Waals surface area contributed by atoms with Crippen LogP contribution in [0.1, 0.15) is 17.3 Å². The van der Waals surface area contributed by atoms with Gasteiger partial charge in [-0.2, -0.15) is 0 Å². The minimum Gasteiger partial charge on any atom is -0.494 e. The average molecular weight is 348 g/mol. The summed E-state index contributed by atoms with van der Waals surface area (Å²) in [5, 5.41) is 0. The second-order valence-electron chi connectivity index (χ2n) is 4.70. The molecule has 2 rings (SSSR count). The zero-order valence-electron chi connectivity index (χ0n) is 13.0. The molecule has 24 heavy (non-hydrogen) atoms. The average Bonchev–Trinajstić information content (AvgIpc) is 2.60. The number of carbonyl (C=O) groups is 2. The molecule has 0 aliphatic rings. The van der Waals surface area contributed by atoms with Crippen LogP contribution in [0.25, 0.3) is 0 Å². The van der Waals surface area contributed by atoms with E-state index in [1.807, 2.05) is 31.2 Å². The van der Waals surface area contributed by atoms with Gasteiger partial charge in [0.2, 0.25) is 5.91 Å². The third-order valence-corrected chi connectivity index (χ3v) is 3.94. The molecule has 0 bridgehead atoms. The van der Waals surface area contributed by atoms with Crippen LogP contribution >= 0.6 is 11.8 Å². The monoisotopic (exact) mass is 348 g/mol. The Kier molecular flexibility index (Phi) is 6.62. The van der Waals surface area contributed by atoms with Crippen LogP contribution < -0.4 is 15.6 Å². The Morgan fingerprint density at radius 3 is 2.33 bits per heavy atom. The van der Waals surface area contributed by atoms with Crippen LogP contribution in [0.5, 0.6) is 5.75 Å². The lowest BCUT2D eigenvalue weighted by atomic mass is 10.2. The van der Waals surface area contributed by atoms with Crippen molar-refractivity contribution in [3.05, 3.63) is 59.9 Å². The van der Waals surface area contributed by atoms with Crippen LogP contribution in [0.4, 0.5) is 4.39 Å². The Bertz CT molecular complexity index is 690. The first-order chi connectivity index (χ1) is 11.6. The molecule has 0 aliphatic carbocycles. The van der Waals surface area contributed by atoms with E-state index in [4.69, 9.17) is 4.74 Å². The van der Waals surface area contributed by atoms with Crippen molar-refractivity contribution in [1.29, 1.82) is 0 Å². The molecule has 0 radical (unpaired) electrons. The lowest BCUT2D eigenvalue weighted by Gasteiger charge is -2.08. The Morgan fingerprint density at radius 1 is 1.04 bits per heavy atom. The van der Waals surface area contributed by atoms with Gasteiger partial charge in [-0.25, -0.2) is 4.39 Å². The third kappa shape index (κ3) is 5.58. The molecule has 126 valence electrons. The van der Waals surface area contributed by atoms with Gasteiger partial charge in [-0.1, -0.05) is 0 Å². The van der Waals surface area contributed by atoms with Crippen LogP contribution in [0.15, 0.2) is 53.4 Å². The van der Waals surface area contributed by atoms with Crippen molar-refractivity contribution >= 4 is 23.6 Å². The highest BCUT2D eigenvalue weighted by Gasteiger charge is 2.08. The summed E-state index contributed by atoms with van der Waals surface area (Å²) < 4.78 is 18.1. The molecule has 0 aliphatic heterocycles. The normalized spacial score (nSPS) is 10.1. The summed E-state index contributed by atoms with van der Waals surface area (Å²) >= 11 is 1.34. The first-order valence-corrected chi connectivity index (χ1v) is 8.27. The summed E-state index contributed by atoms with van der Waals surface area (Å²) in [6.45, 7) is 2.51. The summed E-state index contributed by atoms with van der Waals surface area (Å²) in [7, 11) is 0. The molecule has 0 aromatic heterocycles. The molecule has 0 atom stereocenters. The van der Waals surface area contributed by atoms with Crippen molar-refractivity contribution in [2.45, 2.75) is 11.8 Å². The van der Waals surface area contributed by atoms with Gasteiger partial charge in [0.25, 0.3) is 5.91 Å². The van der Waals surface area contributed by atoms with Crippen LogP contribution in [0.2, 0.25) is 0 Å². The number of nitrogens with one attached hydrogen (secondary N) is 2. The molecule has 2 amide bonds. The molecular weight excluding hydrogens is 331 g/mol. The summed E-state index contributed by atoms with van der Waals surface area (Å²) in [5.41, 5.74) is 4.87. The first-order valence-electron chi connectivity index (χ1n) is 7.29. The van der Waals surface area contributed by atoms with Gasteiger partial charge in [0, 0.05) is 10.5 Å². The van der Waals surface area contributed by atoms with E-state index in [-0.39, 0.29) is 17.2 Å². The number of hydrazine groups is 1. The van der Waals surface area contributed by atoms with E-state index in [0.29, 0.717) is 6.61 Å². The first kappa shape index (κ1) is 17.8. The van der Waals surface area contributed by atoms with Crippen molar-refractivity contribution in [3.8, 4) is 5.75 Å². The summed E-state index contributed by atoms with van der Waals surface area (Å²) in [4.78, 5) is 24.4. The maximum absolute atomic E-state index is 12.8. The molecule has 0 heterocycles. The third-order valence-electron chi connectivity index (χ3n) is 2.93. The van der Waals surface area contributed by atoms with Gasteiger partial charge >= 0.3 is 0 Å².